The zero-order chi connectivity index (χ0) is 16.9. The number of nitrogens with zero attached hydrogens (tertiary/aromatic N) is 1. The molecule has 1 unspecified atom stereocenters. The summed E-state index contributed by atoms with van der Waals surface area (Å²) in [4.78, 5) is 12.0. The number of rotatable bonds is 6. The summed E-state index contributed by atoms with van der Waals surface area (Å²) in [5.74, 6) is 0.225. The van der Waals surface area contributed by atoms with Crippen LogP contribution in [0.15, 0.2) is 24.3 Å². The van der Waals surface area contributed by atoms with Gasteiger partial charge in [-0.3, -0.25) is 4.79 Å². The Kier molecular flexibility index (Phi) is 5.97. The van der Waals surface area contributed by atoms with Crippen molar-refractivity contribution >= 4 is 15.9 Å². The Morgan fingerprint density at radius 2 is 2.09 bits per heavy atom. The van der Waals surface area contributed by atoms with Crippen molar-refractivity contribution < 1.29 is 22.7 Å². The van der Waals surface area contributed by atoms with E-state index in [0.29, 0.717) is 31.1 Å². The molecule has 128 valence electrons. The molecule has 1 atom stereocenters. The van der Waals surface area contributed by atoms with E-state index < -0.39 is 10.0 Å². The van der Waals surface area contributed by atoms with Gasteiger partial charge in [0.15, 0.2) is 0 Å². The Bertz CT molecular complexity index is 630. The second-order valence-corrected chi connectivity index (χ2v) is 7.38. The van der Waals surface area contributed by atoms with Crippen LogP contribution in [0.3, 0.4) is 0 Å². The van der Waals surface area contributed by atoms with Crippen LogP contribution in [0.5, 0.6) is 5.75 Å². The van der Waals surface area contributed by atoms with Gasteiger partial charge in [0.1, 0.15) is 5.75 Å². The molecule has 1 N–H and O–H groups in total. The Morgan fingerprint density at radius 3 is 2.70 bits per heavy atom. The van der Waals surface area contributed by atoms with E-state index in [2.05, 4.69) is 5.32 Å². The quantitative estimate of drug-likeness (QED) is 0.813. The van der Waals surface area contributed by atoms with E-state index in [4.69, 9.17) is 9.47 Å². The number of nitrogens with one attached hydrogen (secondary N) is 1. The fourth-order valence-electron chi connectivity index (χ4n) is 2.38. The van der Waals surface area contributed by atoms with Crippen LogP contribution in [0.25, 0.3) is 0 Å². The number of carbonyl (C=O) groups excluding carboxylic acids is 1. The maximum atomic E-state index is 12.3. The lowest BCUT2D eigenvalue weighted by Gasteiger charge is -2.32. The molecular weight excluding hydrogens is 320 g/mol. The lowest BCUT2D eigenvalue weighted by atomic mass is 10.2. The van der Waals surface area contributed by atoms with Gasteiger partial charge in [-0.15, -0.1) is 0 Å². The smallest absolute Gasteiger partial charge is 0.251 e. The third-order valence-electron chi connectivity index (χ3n) is 3.66. The van der Waals surface area contributed by atoms with E-state index in [-0.39, 0.29) is 24.2 Å². The second kappa shape index (κ2) is 7.76. The molecule has 1 aromatic carbocycles. The number of methoxy groups -OCH3 is 1. The first-order valence-electron chi connectivity index (χ1n) is 7.43. The Morgan fingerprint density at radius 1 is 1.39 bits per heavy atom. The number of amides is 1. The summed E-state index contributed by atoms with van der Waals surface area (Å²) in [7, 11) is -1.85. The molecule has 1 heterocycles. The summed E-state index contributed by atoms with van der Waals surface area (Å²) in [6.07, 6.45) is 0. The Balaban J connectivity index is 1.86. The first-order chi connectivity index (χ1) is 10.9. The van der Waals surface area contributed by atoms with Crippen molar-refractivity contribution in [1.29, 1.82) is 0 Å². The minimum absolute atomic E-state index is 0.0667. The highest BCUT2D eigenvalue weighted by atomic mass is 32.2. The lowest BCUT2D eigenvalue weighted by Crippen LogP contribution is -2.49. The highest BCUT2D eigenvalue weighted by Gasteiger charge is 2.29. The summed E-state index contributed by atoms with van der Waals surface area (Å²) in [6, 6.07) is 6.45. The molecule has 0 saturated carbocycles. The SMILES string of the molecule is COc1ccc(C(=O)NCCS(=O)(=O)N2CCOCC2C)cc1. The molecule has 0 aromatic heterocycles. The summed E-state index contributed by atoms with van der Waals surface area (Å²) >= 11 is 0. The van der Waals surface area contributed by atoms with Crippen molar-refractivity contribution in [2.75, 3.05) is 39.2 Å². The normalized spacial score (nSPS) is 19.3. The zero-order valence-corrected chi connectivity index (χ0v) is 14.1. The minimum Gasteiger partial charge on any atom is -0.497 e. The highest BCUT2D eigenvalue weighted by molar-refractivity contribution is 7.89. The number of hydrogen-bond acceptors (Lipinski definition) is 5. The van der Waals surface area contributed by atoms with Crippen molar-refractivity contribution in [1.82, 2.24) is 9.62 Å². The van der Waals surface area contributed by atoms with E-state index in [1.807, 2.05) is 6.92 Å². The molecule has 1 saturated heterocycles. The topological polar surface area (TPSA) is 84.9 Å². The van der Waals surface area contributed by atoms with Gasteiger partial charge in [0, 0.05) is 24.7 Å². The molecule has 1 aliphatic heterocycles. The molecule has 7 nitrogen and oxygen atoms in total. The van der Waals surface area contributed by atoms with Gasteiger partial charge in [-0.2, -0.15) is 4.31 Å². The summed E-state index contributed by atoms with van der Waals surface area (Å²) in [6.45, 7) is 3.04. The third-order valence-corrected chi connectivity index (χ3v) is 5.64. The van der Waals surface area contributed by atoms with Gasteiger partial charge in [-0.1, -0.05) is 0 Å². The Hall–Kier alpha value is -1.64. The van der Waals surface area contributed by atoms with E-state index >= 15 is 0 Å². The largest absolute Gasteiger partial charge is 0.497 e. The molecule has 0 aliphatic carbocycles. The van der Waals surface area contributed by atoms with Gasteiger partial charge in [-0.05, 0) is 31.2 Å². The third kappa shape index (κ3) is 4.66. The fraction of sp³-hybridized carbons (Fsp3) is 0.533. The molecule has 0 radical (unpaired) electrons. The van der Waals surface area contributed by atoms with Crippen LogP contribution in [0.2, 0.25) is 0 Å². The summed E-state index contributed by atoms with van der Waals surface area (Å²) in [5.41, 5.74) is 0.461. The molecule has 1 aromatic rings. The maximum absolute atomic E-state index is 12.3. The number of benzene rings is 1. The first-order valence-corrected chi connectivity index (χ1v) is 9.04. The van der Waals surface area contributed by atoms with Crippen LogP contribution < -0.4 is 10.1 Å². The molecule has 23 heavy (non-hydrogen) atoms. The van der Waals surface area contributed by atoms with Crippen molar-refractivity contribution in [3.8, 4) is 5.75 Å². The Labute approximate surface area is 136 Å². The predicted molar refractivity (Wildman–Crippen MR) is 86.1 cm³/mol. The van der Waals surface area contributed by atoms with Crippen LogP contribution in [0, 0.1) is 0 Å². The van der Waals surface area contributed by atoms with Gasteiger partial charge in [0.2, 0.25) is 10.0 Å². The number of ether oxygens (including phenoxy) is 2. The molecule has 0 bridgehead atoms. The van der Waals surface area contributed by atoms with Crippen molar-refractivity contribution in [3.63, 3.8) is 0 Å². The number of morpholine rings is 1. The van der Waals surface area contributed by atoms with Crippen LogP contribution in [0.1, 0.15) is 17.3 Å². The summed E-state index contributed by atoms with van der Waals surface area (Å²) in [5, 5.41) is 2.63. The van der Waals surface area contributed by atoms with Crippen LogP contribution in [0.4, 0.5) is 0 Å². The molecule has 1 aliphatic rings. The molecule has 2 rings (SSSR count). The minimum atomic E-state index is -3.40. The highest BCUT2D eigenvalue weighted by Crippen LogP contribution is 2.13. The molecule has 1 fully saturated rings. The predicted octanol–water partition coefficient (Wildman–Crippen LogP) is 0.476. The van der Waals surface area contributed by atoms with Crippen molar-refractivity contribution in [2.45, 2.75) is 13.0 Å². The van der Waals surface area contributed by atoms with E-state index in [0.717, 1.165) is 0 Å². The zero-order valence-electron chi connectivity index (χ0n) is 13.3. The van der Waals surface area contributed by atoms with E-state index in [1.54, 1.807) is 31.4 Å². The first kappa shape index (κ1) is 17.7. The van der Waals surface area contributed by atoms with Gasteiger partial charge in [-0.25, -0.2) is 8.42 Å². The molecular formula is C15H22N2O5S. The van der Waals surface area contributed by atoms with Gasteiger partial charge >= 0.3 is 0 Å². The van der Waals surface area contributed by atoms with Crippen LogP contribution >= 0.6 is 0 Å². The standard InChI is InChI=1S/C15H22N2O5S/c1-12-11-22-9-8-17(12)23(19,20)10-7-16-15(18)13-3-5-14(21-2)6-4-13/h3-6,12H,7-11H2,1-2H3,(H,16,18). The average molecular weight is 342 g/mol. The molecule has 1 amide bonds. The number of carbonyl (C=O) groups is 1. The monoisotopic (exact) mass is 342 g/mol. The van der Waals surface area contributed by atoms with Gasteiger partial charge in [0.25, 0.3) is 5.91 Å². The van der Waals surface area contributed by atoms with E-state index in [1.165, 1.54) is 4.31 Å². The molecule has 8 heteroatoms. The van der Waals surface area contributed by atoms with Gasteiger partial charge < -0.3 is 14.8 Å². The lowest BCUT2D eigenvalue weighted by molar-refractivity contribution is 0.0393. The summed E-state index contributed by atoms with van der Waals surface area (Å²) < 4.78 is 36.3. The fourth-order valence-corrected chi connectivity index (χ4v) is 3.94. The maximum Gasteiger partial charge on any atom is 0.251 e. The van der Waals surface area contributed by atoms with Gasteiger partial charge in [0.05, 0.1) is 26.1 Å². The average Bonchev–Trinajstić information content (AvgIpc) is 2.55. The van der Waals surface area contributed by atoms with Crippen LogP contribution in [-0.2, 0) is 14.8 Å². The van der Waals surface area contributed by atoms with Crippen molar-refractivity contribution in [3.05, 3.63) is 29.8 Å². The van der Waals surface area contributed by atoms with E-state index in [9.17, 15) is 13.2 Å². The number of hydrogen-bond donors (Lipinski definition) is 1. The second-order valence-electron chi connectivity index (χ2n) is 5.34. The van der Waals surface area contributed by atoms with Crippen LogP contribution in [-0.4, -0.2) is 63.8 Å². The molecule has 0 spiro atoms. The van der Waals surface area contributed by atoms with Crippen molar-refractivity contribution in [2.24, 2.45) is 0 Å². The number of sulfonamides is 1.